The Kier molecular flexibility index (Phi) is 6.52. The molecule has 0 saturated carbocycles. The molecular weight excluding hydrogens is 348 g/mol. The number of nitrogens with zero attached hydrogens (tertiary/aromatic N) is 1. The molecule has 0 atom stereocenters. The number of rotatable bonds is 7. The maximum atomic E-state index is 13.4. The molecule has 1 fully saturated rings. The van der Waals surface area contributed by atoms with E-state index in [9.17, 15) is 18.4 Å². The summed E-state index contributed by atoms with van der Waals surface area (Å²) in [5.41, 5.74) is 1.80. The minimum atomic E-state index is -0.941. The van der Waals surface area contributed by atoms with E-state index in [0.29, 0.717) is 23.3 Å². The first-order valence-electron chi connectivity index (χ1n) is 7.49. The van der Waals surface area contributed by atoms with Gasteiger partial charge in [0.05, 0.1) is 13.0 Å². The van der Waals surface area contributed by atoms with Crippen LogP contribution in [0.3, 0.4) is 0 Å². The molecule has 2 rings (SSSR count). The highest BCUT2D eigenvalue weighted by atomic mass is 32.2. The minimum Gasteiger partial charge on any atom is -0.481 e. The number of hydrogen-bond acceptors (Lipinski definition) is 3. The summed E-state index contributed by atoms with van der Waals surface area (Å²) in [6, 6.07) is 3.68. The van der Waals surface area contributed by atoms with Gasteiger partial charge in [0.15, 0.2) is 11.6 Å². The van der Waals surface area contributed by atoms with Crippen LogP contribution in [-0.2, 0) is 9.59 Å². The lowest BCUT2D eigenvalue weighted by atomic mass is 10.0. The highest BCUT2D eigenvalue weighted by Gasteiger charge is 2.29. The monoisotopic (exact) mass is 365 g/mol. The van der Waals surface area contributed by atoms with Gasteiger partial charge in [-0.05, 0) is 34.9 Å². The lowest BCUT2D eigenvalue weighted by Gasteiger charge is -2.32. The molecule has 1 aromatic carbocycles. The summed E-state index contributed by atoms with van der Waals surface area (Å²) in [4.78, 5) is 23.8. The lowest BCUT2D eigenvalue weighted by Crippen LogP contribution is -2.46. The molecule has 0 spiro atoms. The number of allylic oxidation sites excluding steroid dienone is 4. The van der Waals surface area contributed by atoms with Crippen LogP contribution < -0.4 is 0 Å². The Morgan fingerprint density at radius 1 is 1.36 bits per heavy atom. The zero-order valence-electron chi connectivity index (χ0n) is 13.5. The van der Waals surface area contributed by atoms with Gasteiger partial charge in [-0.15, -0.1) is 11.8 Å². The van der Waals surface area contributed by atoms with E-state index >= 15 is 0 Å². The highest BCUT2D eigenvalue weighted by Crippen LogP contribution is 2.22. The second kappa shape index (κ2) is 8.62. The number of carbonyl (C=O) groups is 2. The number of carbonyl (C=O) groups excluding carboxylic acids is 1. The van der Waals surface area contributed by atoms with Crippen molar-refractivity contribution >= 4 is 29.2 Å². The summed E-state index contributed by atoms with van der Waals surface area (Å²) in [6.45, 7) is 0.602. The first kappa shape index (κ1) is 18.9. The van der Waals surface area contributed by atoms with Crippen molar-refractivity contribution < 1.29 is 23.5 Å². The number of aliphatic carboxylic acids is 1. The number of thioether (sulfide) groups is 1. The third kappa shape index (κ3) is 5.03. The summed E-state index contributed by atoms with van der Waals surface area (Å²) in [6.07, 6.45) is 6.80. The fourth-order valence-electron chi connectivity index (χ4n) is 2.27. The van der Waals surface area contributed by atoms with Gasteiger partial charge in [0.1, 0.15) is 0 Å². The third-order valence-corrected chi connectivity index (χ3v) is 4.08. The maximum Gasteiger partial charge on any atom is 0.305 e. The number of β-lactam (4-membered cyclic amide) rings is 1. The van der Waals surface area contributed by atoms with Crippen LogP contribution in [0.4, 0.5) is 8.78 Å². The molecule has 25 heavy (non-hydrogen) atoms. The molecule has 0 aliphatic carbocycles. The topological polar surface area (TPSA) is 57.6 Å². The molecule has 7 heteroatoms. The van der Waals surface area contributed by atoms with E-state index in [2.05, 4.69) is 0 Å². The largest absolute Gasteiger partial charge is 0.481 e. The van der Waals surface area contributed by atoms with Gasteiger partial charge in [0, 0.05) is 12.1 Å². The van der Waals surface area contributed by atoms with Gasteiger partial charge in [-0.3, -0.25) is 9.59 Å². The molecule has 1 N–H and O–H groups in total. The van der Waals surface area contributed by atoms with Crippen LogP contribution in [0.25, 0.3) is 5.57 Å². The van der Waals surface area contributed by atoms with Crippen LogP contribution in [-0.4, -0.2) is 41.2 Å². The Bertz CT molecular complexity index is 772. The second-order valence-corrected chi connectivity index (χ2v) is 6.07. The van der Waals surface area contributed by atoms with Crippen LogP contribution in [0, 0.1) is 11.6 Å². The molecule has 1 aromatic rings. The fraction of sp³-hybridized carbons (Fsp3) is 0.222. The first-order chi connectivity index (χ1) is 11.9. The van der Waals surface area contributed by atoms with Crippen LogP contribution >= 0.6 is 11.8 Å². The van der Waals surface area contributed by atoms with Crippen molar-refractivity contribution in [3.8, 4) is 0 Å². The van der Waals surface area contributed by atoms with Crippen molar-refractivity contribution in [1.29, 1.82) is 0 Å². The summed E-state index contributed by atoms with van der Waals surface area (Å²) in [5.74, 6) is -2.95. The van der Waals surface area contributed by atoms with Crippen molar-refractivity contribution in [1.82, 2.24) is 4.90 Å². The van der Waals surface area contributed by atoms with E-state index in [4.69, 9.17) is 5.11 Å². The molecular formula is C18H17F2NO3S. The van der Waals surface area contributed by atoms with Gasteiger partial charge in [0.2, 0.25) is 0 Å². The Labute approximate surface area is 148 Å². The minimum absolute atomic E-state index is 0.0778. The quantitative estimate of drug-likeness (QED) is 0.457. The molecule has 0 unspecified atom stereocenters. The lowest BCUT2D eigenvalue weighted by molar-refractivity contribution is -0.139. The average Bonchev–Trinajstić information content (AvgIpc) is 2.57. The molecule has 1 heterocycles. The Hall–Kier alpha value is -2.41. The number of amides is 1. The Balaban J connectivity index is 2.03. The van der Waals surface area contributed by atoms with Crippen molar-refractivity contribution in [3.63, 3.8) is 0 Å². The van der Waals surface area contributed by atoms with Crippen molar-refractivity contribution in [2.24, 2.45) is 0 Å². The van der Waals surface area contributed by atoms with E-state index in [1.807, 2.05) is 6.26 Å². The van der Waals surface area contributed by atoms with E-state index in [1.54, 1.807) is 23.6 Å². The first-order valence-corrected chi connectivity index (χ1v) is 8.78. The number of hydrogen-bond donors (Lipinski definition) is 1. The van der Waals surface area contributed by atoms with E-state index in [-0.39, 0.29) is 18.9 Å². The zero-order chi connectivity index (χ0) is 18.4. The molecule has 1 amide bonds. The van der Waals surface area contributed by atoms with Gasteiger partial charge in [-0.1, -0.05) is 24.3 Å². The third-order valence-electron chi connectivity index (χ3n) is 3.59. The predicted molar refractivity (Wildman–Crippen MR) is 93.9 cm³/mol. The summed E-state index contributed by atoms with van der Waals surface area (Å²) in [7, 11) is 0. The molecule has 1 saturated heterocycles. The van der Waals surface area contributed by atoms with Crippen LogP contribution in [0.5, 0.6) is 0 Å². The van der Waals surface area contributed by atoms with E-state index in [0.717, 1.165) is 12.1 Å². The fourth-order valence-corrected chi connectivity index (χ4v) is 2.73. The smallest absolute Gasteiger partial charge is 0.305 e. The molecule has 132 valence electrons. The number of carboxylic acid groups (broad SMARTS) is 1. The SMILES string of the molecule is CS\C=C(/C=C/C=C1\CN(CCC(=O)O)C1=O)c1ccc(F)c(F)c1. The summed E-state index contributed by atoms with van der Waals surface area (Å²) >= 11 is 1.42. The Morgan fingerprint density at radius 2 is 2.12 bits per heavy atom. The van der Waals surface area contributed by atoms with Crippen LogP contribution in [0.1, 0.15) is 12.0 Å². The predicted octanol–water partition coefficient (Wildman–Crippen LogP) is 3.47. The van der Waals surface area contributed by atoms with E-state index in [1.165, 1.54) is 22.7 Å². The summed E-state index contributed by atoms with van der Waals surface area (Å²) in [5, 5.41) is 10.4. The summed E-state index contributed by atoms with van der Waals surface area (Å²) < 4.78 is 26.4. The van der Waals surface area contributed by atoms with Gasteiger partial charge in [-0.2, -0.15) is 0 Å². The standard InChI is InChI=1S/C18H17F2NO3S/c1-25-11-14(12-5-6-15(19)16(20)9-12)4-2-3-13-10-21(18(13)24)8-7-17(22)23/h2-6,9,11H,7-8,10H2,1H3,(H,22,23)/b4-2+,13-3+,14-11+. The maximum absolute atomic E-state index is 13.4. The number of halogens is 2. The Morgan fingerprint density at radius 3 is 2.72 bits per heavy atom. The van der Waals surface area contributed by atoms with Crippen molar-refractivity contribution in [2.45, 2.75) is 6.42 Å². The van der Waals surface area contributed by atoms with Gasteiger partial charge >= 0.3 is 5.97 Å². The second-order valence-electron chi connectivity index (χ2n) is 5.36. The van der Waals surface area contributed by atoms with Gasteiger partial charge < -0.3 is 10.0 Å². The number of likely N-dealkylation sites (tertiary alicyclic amines) is 1. The highest BCUT2D eigenvalue weighted by molar-refractivity contribution is 8.01. The number of carboxylic acids is 1. The molecule has 4 nitrogen and oxygen atoms in total. The molecule has 0 aromatic heterocycles. The normalized spacial score (nSPS) is 16.6. The molecule has 0 radical (unpaired) electrons. The van der Waals surface area contributed by atoms with Crippen LogP contribution in [0.2, 0.25) is 0 Å². The molecule has 1 aliphatic rings. The van der Waals surface area contributed by atoms with Crippen LogP contribution in [0.15, 0.2) is 47.4 Å². The van der Waals surface area contributed by atoms with E-state index < -0.39 is 17.6 Å². The van der Waals surface area contributed by atoms with Gasteiger partial charge in [0.25, 0.3) is 5.91 Å². The van der Waals surface area contributed by atoms with Crippen molar-refractivity contribution in [2.75, 3.05) is 19.3 Å². The number of benzene rings is 1. The average molecular weight is 365 g/mol. The van der Waals surface area contributed by atoms with Gasteiger partial charge in [-0.25, -0.2) is 8.78 Å². The van der Waals surface area contributed by atoms with Crippen molar-refractivity contribution in [3.05, 3.63) is 64.6 Å². The zero-order valence-corrected chi connectivity index (χ0v) is 14.4. The molecule has 1 aliphatic heterocycles. The molecule has 0 bridgehead atoms.